The van der Waals surface area contributed by atoms with Crippen LogP contribution in [0.1, 0.15) is 17.5 Å². The average molecular weight is 263 g/mol. The molecule has 4 heteroatoms. The first-order valence-electron chi connectivity index (χ1n) is 6.34. The molecule has 1 aromatic rings. The molecule has 1 atom stereocenters. The summed E-state index contributed by atoms with van der Waals surface area (Å²) in [7, 11) is 4.30. The predicted molar refractivity (Wildman–Crippen MR) is 79.7 cm³/mol. The molecule has 1 heterocycles. The van der Waals surface area contributed by atoms with Crippen molar-refractivity contribution < 1.29 is 0 Å². The zero-order valence-corrected chi connectivity index (χ0v) is 11.9. The van der Waals surface area contributed by atoms with Crippen LogP contribution >= 0.6 is 12.2 Å². The highest BCUT2D eigenvalue weighted by atomic mass is 32.1. The summed E-state index contributed by atoms with van der Waals surface area (Å²) in [6.07, 6.45) is 1.24. The van der Waals surface area contributed by atoms with Crippen LogP contribution in [0.5, 0.6) is 0 Å². The number of nitrogens with zero attached hydrogens (tertiary/aromatic N) is 2. The lowest BCUT2D eigenvalue weighted by atomic mass is 10.1. The summed E-state index contributed by atoms with van der Waals surface area (Å²) in [5.74, 6) is 0. The largest absolute Gasteiger partial charge is 0.389 e. The molecule has 98 valence electrons. The maximum atomic E-state index is 5.77. The Morgan fingerprint density at radius 3 is 2.78 bits per heavy atom. The second-order valence-electron chi connectivity index (χ2n) is 5.16. The Morgan fingerprint density at radius 2 is 2.17 bits per heavy atom. The minimum absolute atomic E-state index is 0.494. The first-order valence-corrected chi connectivity index (χ1v) is 6.75. The van der Waals surface area contributed by atoms with Crippen molar-refractivity contribution in [1.82, 2.24) is 9.80 Å². The minimum atomic E-state index is 0.494. The molecule has 3 nitrogen and oxygen atoms in total. The highest BCUT2D eigenvalue weighted by molar-refractivity contribution is 7.80. The van der Waals surface area contributed by atoms with E-state index < -0.39 is 0 Å². The Labute approximate surface area is 115 Å². The fourth-order valence-electron chi connectivity index (χ4n) is 2.52. The van der Waals surface area contributed by atoms with Crippen molar-refractivity contribution >= 4 is 17.2 Å². The van der Waals surface area contributed by atoms with E-state index >= 15 is 0 Å². The summed E-state index contributed by atoms with van der Waals surface area (Å²) in [5, 5.41) is 0. The van der Waals surface area contributed by atoms with Crippen molar-refractivity contribution in [2.24, 2.45) is 5.73 Å². The molecule has 0 bridgehead atoms. The van der Waals surface area contributed by atoms with Crippen LogP contribution in [-0.2, 0) is 6.54 Å². The van der Waals surface area contributed by atoms with Gasteiger partial charge in [0, 0.05) is 31.2 Å². The third kappa shape index (κ3) is 3.07. The molecule has 1 aliphatic rings. The van der Waals surface area contributed by atoms with E-state index in [-0.39, 0.29) is 0 Å². The van der Waals surface area contributed by atoms with E-state index in [1.165, 1.54) is 12.0 Å². The smallest absolute Gasteiger partial charge is 0.104 e. The lowest BCUT2D eigenvalue weighted by molar-refractivity contribution is 0.264. The number of benzene rings is 1. The molecule has 0 spiro atoms. The SMILES string of the molecule is CN(C)C1CCN(Cc2ccccc2C(N)=S)C1. The molecular formula is C14H21N3S. The van der Waals surface area contributed by atoms with Gasteiger partial charge in [0.15, 0.2) is 0 Å². The normalized spacial score (nSPS) is 20.5. The fraction of sp³-hybridized carbons (Fsp3) is 0.500. The Hall–Kier alpha value is -0.970. The quantitative estimate of drug-likeness (QED) is 0.834. The van der Waals surface area contributed by atoms with Crippen LogP contribution in [0.15, 0.2) is 24.3 Å². The van der Waals surface area contributed by atoms with Crippen molar-refractivity contribution in [2.45, 2.75) is 19.0 Å². The number of hydrogen-bond donors (Lipinski definition) is 1. The van der Waals surface area contributed by atoms with Gasteiger partial charge in [-0.3, -0.25) is 4.90 Å². The van der Waals surface area contributed by atoms with Crippen LogP contribution in [0.3, 0.4) is 0 Å². The molecule has 1 unspecified atom stereocenters. The van der Waals surface area contributed by atoms with Gasteiger partial charge in [0.1, 0.15) is 4.99 Å². The van der Waals surface area contributed by atoms with E-state index in [9.17, 15) is 0 Å². The number of rotatable bonds is 4. The highest BCUT2D eigenvalue weighted by Gasteiger charge is 2.24. The fourth-order valence-corrected chi connectivity index (χ4v) is 2.72. The van der Waals surface area contributed by atoms with Crippen molar-refractivity contribution in [2.75, 3.05) is 27.2 Å². The van der Waals surface area contributed by atoms with Gasteiger partial charge in [0.2, 0.25) is 0 Å². The van der Waals surface area contributed by atoms with Gasteiger partial charge >= 0.3 is 0 Å². The van der Waals surface area contributed by atoms with E-state index in [0.717, 1.165) is 25.2 Å². The maximum Gasteiger partial charge on any atom is 0.104 e. The molecule has 1 aliphatic heterocycles. The summed E-state index contributed by atoms with van der Waals surface area (Å²) >= 11 is 5.11. The molecule has 0 amide bonds. The number of thiocarbonyl (C=S) groups is 1. The van der Waals surface area contributed by atoms with Gasteiger partial charge in [0.25, 0.3) is 0 Å². The summed E-state index contributed by atoms with van der Waals surface area (Å²) in [6.45, 7) is 3.21. The third-order valence-electron chi connectivity index (χ3n) is 3.65. The van der Waals surface area contributed by atoms with Crippen LogP contribution in [0.4, 0.5) is 0 Å². The van der Waals surface area contributed by atoms with E-state index in [4.69, 9.17) is 18.0 Å². The van der Waals surface area contributed by atoms with Crippen molar-refractivity contribution in [3.8, 4) is 0 Å². The Bertz CT molecular complexity index is 431. The lowest BCUT2D eigenvalue weighted by Gasteiger charge is -2.21. The maximum absolute atomic E-state index is 5.77. The zero-order valence-electron chi connectivity index (χ0n) is 11.1. The van der Waals surface area contributed by atoms with Crippen LogP contribution < -0.4 is 5.73 Å². The number of likely N-dealkylation sites (tertiary alicyclic amines) is 1. The van der Waals surface area contributed by atoms with Crippen LogP contribution in [-0.4, -0.2) is 48.0 Å². The van der Waals surface area contributed by atoms with Gasteiger partial charge in [-0.2, -0.15) is 0 Å². The first-order chi connectivity index (χ1) is 8.58. The van der Waals surface area contributed by atoms with Gasteiger partial charge in [-0.25, -0.2) is 0 Å². The number of likely N-dealkylation sites (N-methyl/N-ethyl adjacent to an activating group) is 1. The summed E-state index contributed by atoms with van der Waals surface area (Å²) < 4.78 is 0. The molecule has 0 aromatic heterocycles. The van der Waals surface area contributed by atoms with Crippen LogP contribution in [0, 0.1) is 0 Å². The monoisotopic (exact) mass is 263 g/mol. The molecule has 2 N–H and O–H groups in total. The molecule has 0 saturated carbocycles. The first kappa shape index (κ1) is 13.5. The summed E-state index contributed by atoms with van der Waals surface area (Å²) in [5.41, 5.74) is 8.02. The highest BCUT2D eigenvalue weighted by Crippen LogP contribution is 2.18. The van der Waals surface area contributed by atoms with Crippen molar-refractivity contribution in [3.05, 3.63) is 35.4 Å². The lowest BCUT2D eigenvalue weighted by Crippen LogP contribution is -2.31. The molecule has 0 aliphatic carbocycles. The molecule has 1 aromatic carbocycles. The molecule has 2 rings (SSSR count). The molecule has 0 radical (unpaired) electrons. The van der Waals surface area contributed by atoms with E-state index in [2.05, 4.69) is 36.0 Å². The van der Waals surface area contributed by atoms with Crippen LogP contribution in [0.25, 0.3) is 0 Å². The average Bonchev–Trinajstić information content (AvgIpc) is 2.78. The molecule has 1 fully saturated rings. The van der Waals surface area contributed by atoms with Gasteiger partial charge in [-0.1, -0.05) is 36.5 Å². The Morgan fingerprint density at radius 1 is 1.44 bits per heavy atom. The predicted octanol–water partition coefficient (Wildman–Crippen LogP) is 1.46. The standard InChI is InChI=1S/C14H21N3S/c1-16(2)12-7-8-17(10-12)9-11-5-3-4-6-13(11)14(15)18/h3-6,12H,7-10H2,1-2H3,(H2,15,18). The second-order valence-corrected chi connectivity index (χ2v) is 5.60. The number of hydrogen-bond acceptors (Lipinski definition) is 3. The van der Waals surface area contributed by atoms with E-state index in [1.54, 1.807) is 0 Å². The van der Waals surface area contributed by atoms with E-state index in [1.807, 2.05) is 12.1 Å². The Kier molecular flexibility index (Phi) is 4.32. The van der Waals surface area contributed by atoms with Gasteiger partial charge in [-0.15, -0.1) is 0 Å². The topological polar surface area (TPSA) is 32.5 Å². The second kappa shape index (κ2) is 5.78. The van der Waals surface area contributed by atoms with E-state index in [0.29, 0.717) is 11.0 Å². The minimum Gasteiger partial charge on any atom is -0.389 e. The zero-order chi connectivity index (χ0) is 13.1. The van der Waals surface area contributed by atoms with Gasteiger partial charge < -0.3 is 10.6 Å². The van der Waals surface area contributed by atoms with Gasteiger partial charge in [0.05, 0.1) is 0 Å². The third-order valence-corrected chi connectivity index (χ3v) is 3.87. The molecule has 1 saturated heterocycles. The summed E-state index contributed by atoms with van der Waals surface area (Å²) in [6, 6.07) is 8.84. The molecule has 18 heavy (non-hydrogen) atoms. The Balaban J connectivity index is 2.05. The van der Waals surface area contributed by atoms with Crippen molar-refractivity contribution in [1.29, 1.82) is 0 Å². The summed E-state index contributed by atoms with van der Waals surface area (Å²) in [4.78, 5) is 5.27. The molecular weight excluding hydrogens is 242 g/mol. The van der Waals surface area contributed by atoms with Crippen molar-refractivity contribution in [3.63, 3.8) is 0 Å². The van der Waals surface area contributed by atoms with Crippen LogP contribution in [0.2, 0.25) is 0 Å². The number of nitrogens with two attached hydrogens (primary N) is 1. The van der Waals surface area contributed by atoms with Gasteiger partial charge in [-0.05, 0) is 26.1 Å².